The Hall–Kier alpha value is -2.57. The number of nitrogens with zero attached hydrogens (tertiary/aromatic N) is 1. The lowest BCUT2D eigenvalue weighted by atomic mass is 10.0. The zero-order chi connectivity index (χ0) is 17.5. The zero-order valence-corrected chi connectivity index (χ0v) is 15.4. The number of hydrogen-bond acceptors (Lipinski definition) is 2. The maximum absolute atomic E-state index is 8.96. The van der Waals surface area contributed by atoms with Gasteiger partial charge >= 0.3 is 0 Å². The summed E-state index contributed by atoms with van der Waals surface area (Å²) < 4.78 is 7.00. The summed E-state index contributed by atoms with van der Waals surface area (Å²) in [6, 6.07) is 26.2. The van der Waals surface area contributed by atoms with Crippen molar-refractivity contribution in [3.63, 3.8) is 0 Å². The number of halogens is 1. The van der Waals surface area contributed by atoms with Gasteiger partial charge in [-0.1, -0.05) is 70.5 Å². The van der Waals surface area contributed by atoms with Crippen LogP contribution in [0.4, 0.5) is 0 Å². The third-order valence-corrected chi connectivity index (χ3v) is 4.79. The Morgan fingerprint density at radius 1 is 0.840 bits per heavy atom. The summed E-state index contributed by atoms with van der Waals surface area (Å²) in [6.45, 7) is 0.568. The lowest BCUT2D eigenvalue weighted by molar-refractivity contribution is 0.303. The summed E-state index contributed by atoms with van der Waals surface area (Å²) in [5, 5.41) is 8.96. The molecule has 0 N–H and O–H groups in total. The molecule has 0 saturated carbocycles. The third-order valence-electron chi connectivity index (χ3n) is 4.06. The van der Waals surface area contributed by atoms with E-state index in [1.54, 1.807) is 0 Å². The van der Waals surface area contributed by atoms with E-state index in [0.717, 1.165) is 28.6 Å². The molecule has 3 aromatic carbocycles. The van der Waals surface area contributed by atoms with Crippen LogP contribution in [0.5, 0.6) is 5.75 Å². The van der Waals surface area contributed by atoms with E-state index in [1.807, 2.05) is 54.6 Å². The van der Waals surface area contributed by atoms with Gasteiger partial charge < -0.3 is 4.74 Å². The van der Waals surface area contributed by atoms with Crippen molar-refractivity contribution in [2.45, 2.75) is 19.4 Å². The van der Waals surface area contributed by atoms with E-state index in [2.05, 4.69) is 40.2 Å². The lowest BCUT2D eigenvalue weighted by Crippen LogP contribution is -2.00. The van der Waals surface area contributed by atoms with E-state index < -0.39 is 0 Å². The quantitative estimate of drug-likeness (QED) is 0.540. The molecular formula is C22H18BrNO. The molecule has 0 heterocycles. The number of nitriles is 1. The molecule has 2 nitrogen and oxygen atoms in total. The van der Waals surface area contributed by atoms with E-state index in [1.165, 1.54) is 11.1 Å². The van der Waals surface area contributed by atoms with Crippen LogP contribution in [-0.2, 0) is 19.4 Å². The van der Waals surface area contributed by atoms with Gasteiger partial charge in [0.25, 0.3) is 0 Å². The van der Waals surface area contributed by atoms with Crippen LogP contribution < -0.4 is 4.74 Å². The average molecular weight is 392 g/mol. The van der Waals surface area contributed by atoms with Crippen molar-refractivity contribution in [2.24, 2.45) is 0 Å². The molecule has 0 unspecified atom stereocenters. The van der Waals surface area contributed by atoms with Crippen molar-refractivity contribution >= 4 is 15.9 Å². The first-order chi connectivity index (χ1) is 12.3. The molecule has 0 fully saturated rings. The second-order valence-electron chi connectivity index (χ2n) is 5.80. The van der Waals surface area contributed by atoms with Crippen LogP contribution in [0, 0.1) is 11.3 Å². The van der Waals surface area contributed by atoms with E-state index >= 15 is 0 Å². The molecule has 0 aliphatic rings. The molecule has 0 amide bonds. The fourth-order valence-corrected chi connectivity index (χ4v) is 3.25. The molecule has 0 spiro atoms. The number of benzene rings is 3. The minimum atomic E-state index is 0.568. The Morgan fingerprint density at radius 3 is 2.32 bits per heavy atom. The van der Waals surface area contributed by atoms with Crippen LogP contribution in [0.15, 0.2) is 77.3 Å². The van der Waals surface area contributed by atoms with Crippen molar-refractivity contribution in [2.75, 3.05) is 0 Å². The van der Waals surface area contributed by atoms with Gasteiger partial charge in [-0.3, -0.25) is 0 Å². The van der Waals surface area contributed by atoms with Crippen molar-refractivity contribution < 1.29 is 4.74 Å². The second-order valence-corrected chi connectivity index (χ2v) is 6.65. The molecule has 3 rings (SSSR count). The van der Waals surface area contributed by atoms with Crippen LogP contribution >= 0.6 is 15.9 Å². The highest BCUT2D eigenvalue weighted by Gasteiger charge is 2.07. The van der Waals surface area contributed by atoms with Gasteiger partial charge in [-0.2, -0.15) is 5.26 Å². The number of aryl methyl sites for hydroxylation is 2. The zero-order valence-electron chi connectivity index (χ0n) is 13.8. The Bertz CT molecular complexity index is 884. The van der Waals surface area contributed by atoms with E-state index in [4.69, 9.17) is 10.00 Å². The SMILES string of the molecule is N#Cc1ccc(CCc2ccccc2OCc2ccccc2)c(Br)c1. The number of hydrogen-bond donors (Lipinski definition) is 0. The molecule has 25 heavy (non-hydrogen) atoms. The predicted molar refractivity (Wildman–Crippen MR) is 103 cm³/mol. The van der Waals surface area contributed by atoms with Crippen molar-refractivity contribution in [3.05, 3.63) is 99.5 Å². The van der Waals surface area contributed by atoms with Crippen molar-refractivity contribution in [3.8, 4) is 11.8 Å². The normalized spacial score (nSPS) is 10.2. The highest BCUT2D eigenvalue weighted by molar-refractivity contribution is 9.10. The molecule has 0 radical (unpaired) electrons. The van der Waals surface area contributed by atoms with Crippen molar-refractivity contribution in [1.29, 1.82) is 5.26 Å². The second kappa shape index (κ2) is 8.50. The summed E-state index contributed by atoms with van der Waals surface area (Å²) in [5.41, 5.74) is 4.21. The number of ether oxygens (including phenoxy) is 1. The van der Waals surface area contributed by atoms with Crippen LogP contribution in [0.1, 0.15) is 22.3 Å². The smallest absolute Gasteiger partial charge is 0.123 e. The van der Waals surface area contributed by atoms with Crippen LogP contribution in [0.25, 0.3) is 0 Å². The first-order valence-corrected chi connectivity index (χ1v) is 8.99. The molecular weight excluding hydrogens is 374 g/mol. The summed E-state index contributed by atoms with van der Waals surface area (Å²) in [5.74, 6) is 0.927. The van der Waals surface area contributed by atoms with Gasteiger partial charge in [0.15, 0.2) is 0 Å². The van der Waals surface area contributed by atoms with Gasteiger partial charge in [0.1, 0.15) is 12.4 Å². The molecule has 0 aromatic heterocycles. The lowest BCUT2D eigenvalue weighted by Gasteiger charge is -2.12. The maximum Gasteiger partial charge on any atom is 0.123 e. The minimum Gasteiger partial charge on any atom is -0.489 e. The van der Waals surface area contributed by atoms with Gasteiger partial charge in [-0.15, -0.1) is 0 Å². The van der Waals surface area contributed by atoms with Gasteiger partial charge in [0, 0.05) is 4.47 Å². The van der Waals surface area contributed by atoms with Gasteiger partial charge in [0.2, 0.25) is 0 Å². The highest BCUT2D eigenvalue weighted by Crippen LogP contribution is 2.24. The van der Waals surface area contributed by atoms with Crippen LogP contribution in [0.3, 0.4) is 0 Å². The fourth-order valence-electron chi connectivity index (χ4n) is 2.68. The number of rotatable bonds is 6. The Kier molecular flexibility index (Phi) is 5.87. The first kappa shape index (κ1) is 17.3. The molecule has 3 aromatic rings. The van der Waals surface area contributed by atoms with Crippen LogP contribution in [-0.4, -0.2) is 0 Å². The molecule has 0 aliphatic heterocycles. The predicted octanol–water partition coefficient (Wildman–Crippen LogP) is 5.68. The average Bonchev–Trinajstić information content (AvgIpc) is 2.67. The van der Waals surface area contributed by atoms with Crippen molar-refractivity contribution in [1.82, 2.24) is 0 Å². The summed E-state index contributed by atoms with van der Waals surface area (Å²) in [7, 11) is 0. The van der Waals surface area contributed by atoms with E-state index in [9.17, 15) is 0 Å². The van der Waals surface area contributed by atoms with Gasteiger partial charge in [-0.05, 0) is 47.7 Å². The first-order valence-electron chi connectivity index (χ1n) is 8.19. The van der Waals surface area contributed by atoms with Crippen LogP contribution in [0.2, 0.25) is 0 Å². The molecule has 0 bridgehead atoms. The standard InChI is InChI=1S/C22H18BrNO/c23-21-14-18(15-24)10-11-19(21)12-13-20-8-4-5-9-22(20)25-16-17-6-2-1-3-7-17/h1-11,14H,12-13,16H2. The van der Waals surface area contributed by atoms with Gasteiger partial charge in [0.05, 0.1) is 11.6 Å². The summed E-state index contributed by atoms with van der Waals surface area (Å²) in [4.78, 5) is 0. The van der Waals surface area contributed by atoms with E-state index in [-0.39, 0.29) is 0 Å². The topological polar surface area (TPSA) is 33.0 Å². The Morgan fingerprint density at radius 2 is 1.56 bits per heavy atom. The molecule has 0 aliphatic carbocycles. The van der Waals surface area contributed by atoms with Gasteiger partial charge in [-0.25, -0.2) is 0 Å². The summed E-state index contributed by atoms with van der Waals surface area (Å²) in [6.07, 6.45) is 1.77. The summed E-state index contributed by atoms with van der Waals surface area (Å²) >= 11 is 3.56. The Labute approximate surface area is 156 Å². The fraction of sp³-hybridized carbons (Fsp3) is 0.136. The maximum atomic E-state index is 8.96. The molecule has 0 atom stereocenters. The Balaban J connectivity index is 1.68. The molecule has 124 valence electrons. The van der Waals surface area contributed by atoms with E-state index in [0.29, 0.717) is 12.2 Å². The number of para-hydroxylation sites is 1. The monoisotopic (exact) mass is 391 g/mol. The molecule has 0 saturated heterocycles. The third kappa shape index (κ3) is 4.71. The molecule has 3 heteroatoms. The largest absolute Gasteiger partial charge is 0.489 e. The highest BCUT2D eigenvalue weighted by atomic mass is 79.9. The minimum absolute atomic E-state index is 0.568.